The van der Waals surface area contributed by atoms with Crippen LogP contribution in [0.1, 0.15) is 52.4 Å². The van der Waals surface area contributed by atoms with E-state index in [2.05, 4.69) is 12.3 Å². The standard InChI is InChI=1S/C15H30N2O3/c1-3-5-11-20-13-14(18)12-17(16-15(19)4-2)9-7-6-8-10-17/h14,18H,3-13H2,1-2H3/p+1. The van der Waals surface area contributed by atoms with Gasteiger partial charge in [-0.25, -0.2) is 10.0 Å². The van der Waals surface area contributed by atoms with Crippen molar-refractivity contribution >= 4 is 5.91 Å². The van der Waals surface area contributed by atoms with E-state index >= 15 is 0 Å². The third-order valence-electron chi connectivity index (χ3n) is 3.87. The van der Waals surface area contributed by atoms with Gasteiger partial charge in [0.15, 0.2) is 0 Å². The first kappa shape index (κ1) is 17.4. The van der Waals surface area contributed by atoms with E-state index in [1.807, 2.05) is 6.92 Å². The van der Waals surface area contributed by atoms with Crippen molar-refractivity contribution in [1.82, 2.24) is 5.43 Å². The van der Waals surface area contributed by atoms with E-state index in [4.69, 9.17) is 4.74 Å². The summed E-state index contributed by atoms with van der Waals surface area (Å²) in [7, 11) is 0. The Morgan fingerprint density at radius 1 is 1.30 bits per heavy atom. The second-order valence-electron chi connectivity index (χ2n) is 5.81. The van der Waals surface area contributed by atoms with Crippen LogP contribution in [-0.2, 0) is 9.53 Å². The molecule has 0 bridgehead atoms. The number of nitrogens with zero attached hydrogens (tertiary/aromatic N) is 1. The summed E-state index contributed by atoms with van der Waals surface area (Å²) in [5.74, 6) is 0.0611. The molecule has 1 fully saturated rings. The fraction of sp³-hybridized carbons (Fsp3) is 0.933. The molecular formula is C15H31N2O3+. The molecule has 1 saturated heterocycles. The van der Waals surface area contributed by atoms with Gasteiger partial charge in [-0.05, 0) is 25.7 Å². The molecule has 0 aromatic carbocycles. The first-order valence-corrected chi connectivity index (χ1v) is 8.05. The second kappa shape index (κ2) is 9.32. The lowest BCUT2D eigenvalue weighted by Gasteiger charge is -2.41. The van der Waals surface area contributed by atoms with Crippen LogP contribution >= 0.6 is 0 Å². The van der Waals surface area contributed by atoms with Crippen LogP contribution in [0.5, 0.6) is 0 Å². The number of carbonyl (C=O) groups excluding carboxylic acids is 1. The SMILES string of the molecule is CCCCOCC(O)C[N+]1(NC(=O)CC)CCCCC1. The Morgan fingerprint density at radius 3 is 2.60 bits per heavy atom. The molecule has 1 aliphatic rings. The van der Waals surface area contributed by atoms with Gasteiger partial charge in [-0.3, -0.25) is 4.79 Å². The zero-order chi connectivity index (χ0) is 14.8. The molecule has 1 heterocycles. The van der Waals surface area contributed by atoms with Gasteiger partial charge < -0.3 is 9.84 Å². The number of hydrogen-bond acceptors (Lipinski definition) is 3. The average Bonchev–Trinajstić information content (AvgIpc) is 2.44. The predicted molar refractivity (Wildman–Crippen MR) is 78.9 cm³/mol. The topological polar surface area (TPSA) is 58.6 Å². The number of nitrogens with one attached hydrogen (secondary N) is 1. The molecule has 20 heavy (non-hydrogen) atoms. The van der Waals surface area contributed by atoms with E-state index < -0.39 is 6.10 Å². The molecular weight excluding hydrogens is 256 g/mol. The molecule has 118 valence electrons. The minimum absolute atomic E-state index is 0.0611. The molecule has 1 atom stereocenters. The largest absolute Gasteiger partial charge is 0.385 e. The van der Waals surface area contributed by atoms with Crippen molar-refractivity contribution in [2.24, 2.45) is 0 Å². The van der Waals surface area contributed by atoms with Gasteiger partial charge in [0.05, 0.1) is 6.61 Å². The van der Waals surface area contributed by atoms with Crippen LogP contribution in [0.25, 0.3) is 0 Å². The maximum absolute atomic E-state index is 11.7. The molecule has 5 nitrogen and oxygen atoms in total. The number of piperidine rings is 1. The molecule has 0 aromatic heterocycles. The molecule has 0 aromatic rings. The highest BCUT2D eigenvalue weighted by Gasteiger charge is 2.34. The van der Waals surface area contributed by atoms with Gasteiger partial charge >= 0.3 is 0 Å². The highest BCUT2D eigenvalue weighted by molar-refractivity contribution is 5.74. The van der Waals surface area contributed by atoms with Gasteiger partial charge in [0.25, 0.3) is 5.91 Å². The minimum Gasteiger partial charge on any atom is -0.385 e. The Labute approximate surface area is 122 Å². The monoisotopic (exact) mass is 287 g/mol. The van der Waals surface area contributed by atoms with Gasteiger partial charge in [-0.2, -0.15) is 0 Å². The quantitative estimate of drug-likeness (QED) is 0.500. The van der Waals surface area contributed by atoms with Crippen molar-refractivity contribution < 1.29 is 19.2 Å². The van der Waals surface area contributed by atoms with Crippen LogP contribution in [0.15, 0.2) is 0 Å². The van der Waals surface area contributed by atoms with E-state index in [1.54, 1.807) is 0 Å². The van der Waals surface area contributed by atoms with E-state index in [-0.39, 0.29) is 5.91 Å². The summed E-state index contributed by atoms with van der Waals surface area (Å²) >= 11 is 0. The van der Waals surface area contributed by atoms with Gasteiger partial charge in [0.1, 0.15) is 25.7 Å². The fourth-order valence-corrected chi connectivity index (χ4v) is 2.72. The molecule has 0 radical (unpaired) electrons. The third kappa shape index (κ3) is 6.20. The number of unbranched alkanes of at least 4 members (excludes halogenated alkanes) is 1. The summed E-state index contributed by atoms with van der Waals surface area (Å²) < 4.78 is 6.00. The molecule has 5 heteroatoms. The predicted octanol–water partition coefficient (Wildman–Crippen LogP) is 1.61. The first-order valence-electron chi connectivity index (χ1n) is 8.05. The highest BCUT2D eigenvalue weighted by Crippen LogP contribution is 2.17. The Kier molecular flexibility index (Phi) is 8.11. The van der Waals surface area contributed by atoms with Crippen LogP contribution in [-0.4, -0.2) is 54.6 Å². The van der Waals surface area contributed by atoms with Crippen molar-refractivity contribution in [3.8, 4) is 0 Å². The van der Waals surface area contributed by atoms with Crippen molar-refractivity contribution in [2.45, 2.75) is 58.5 Å². The van der Waals surface area contributed by atoms with E-state index in [0.717, 1.165) is 38.8 Å². The average molecular weight is 287 g/mol. The molecule has 1 amide bonds. The highest BCUT2D eigenvalue weighted by atomic mass is 16.5. The summed E-state index contributed by atoms with van der Waals surface area (Å²) in [4.78, 5) is 11.7. The number of likely N-dealkylation sites (tertiary alicyclic amines) is 1. The van der Waals surface area contributed by atoms with Crippen LogP contribution in [0.2, 0.25) is 0 Å². The molecule has 1 unspecified atom stereocenters. The maximum Gasteiger partial charge on any atom is 0.264 e. The van der Waals surface area contributed by atoms with Crippen molar-refractivity contribution in [3.63, 3.8) is 0 Å². The zero-order valence-corrected chi connectivity index (χ0v) is 13.1. The van der Waals surface area contributed by atoms with Crippen LogP contribution in [0.3, 0.4) is 0 Å². The van der Waals surface area contributed by atoms with E-state index in [9.17, 15) is 9.90 Å². The van der Waals surface area contributed by atoms with Gasteiger partial charge in [-0.15, -0.1) is 0 Å². The number of amides is 1. The summed E-state index contributed by atoms with van der Waals surface area (Å²) in [6, 6.07) is 0. The zero-order valence-electron chi connectivity index (χ0n) is 13.1. The smallest absolute Gasteiger partial charge is 0.264 e. The van der Waals surface area contributed by atoms with Gasteiger partial charge in [-0.1, -0.05) is 20.3 Å². The lowest BCUT2D eigenvalue weighted by atomic mass is 10.1. The number of aliphatic hydroxyl groups is 1. The van der Waals surface area contributed by atoms with Gasteiger partial charge in [0, 0.05) is 13.0 Å². The van der Waals surface area contributed by atoms with Crippen LogP contribution < -0.4 is 5.43 Å². The second-order valence-corrected chi connectivity index (χ2v) is 5.81. The Hall–Kier alpha value is -0.650. The number of carbonyl (C=O) groups is 1. The number of aliphatic hydroxyl groups excluding tert-OH is 1. The van der Waals surface area contributed by atoms with E-state index in [1.165, 1.54) is 6.42 Å². The summed E-state index contributed by atoms with van der Waals surface area (Å²) in [5, 5.41) is 10.2. The first-order chi connectivity index (χ1) is 9.62. The number of rotatable bonds is 9. The van der Waals surface area contributed by atoms with Gasteiger partial charge in [0.2, 0.25) is 0 Å². The Morgan fingerprint density at radius 2 is 2.00 bits per heavy atom. The normalized spacial score (nSPS) is 19.6. The molecule has 1 rings (SSSR count). The maximum atomic E-state index is 11.7. The third-order valence-corrected chi connectivity index (χ3v) is 3.87. The van der Waals surface area contributed by atoms with Crippen molar-refractivity contribution in [1.29, 1.82) is 0 Å². The Balaban J connectivity index is 2.44. The van der Waals surface area contributed by atoms with Crippen molar-refractivity contribution in [2.75, 3.05) is 32.8 Å². The summed E-state index contributed by atoms with van der Waals surface area (Å²) in [6.07, 6.45) is 5.53. The minimum atomic E-state index is -0.512. The lowest BCUT2D eigenvalue weighted by Crippen LogP contribution is -2.65. The van der Waals surface area contributed by atoms with Crippen molar-refractivity contribution in [3.05, 3.63) is 0 Å². The van der Waals surface area contributed by atoms with E-state index in [0.29, 0.717) is 30.8 Å². The fourth-order valence-electron chi connectivity index (χ4n) is 2.72. The van der Waals surface area contributed by atoms with Crippen LogP contribution in [0, 0.1) is 0 Å². The molecule has 0 spiro atoms. The molecule has 2 N–H and O–H groups in total. The summed E-state index contributed by atoms with van der Waals surface area (Å²) in [6.45, 7) is 7.43. The number of hydrogen-bond donors (Lipinski definition) is 2. The molecule has 1 aliphatic heterocycles. The Bertz CT molecular complexity index is 278. The molecule has 0 saturated carbocycles. The molecule has 0 aliphatic carbocycles. The lowest BCUT2D eigenvalue weighted by molar-refractivity contribution is -0.967. The number of quaternary nitrogens is 1. The van der Waals surface area contributed by atoms with Crippen LogP contribution in [0.4, 0.5) is 0 Å². The summed E-state index contributed by atoms with van der Waals surface area (Å²) in [5.41, 5.74) is 3.10. The number of ether oxygens (including phenoxy) is 1.